The Morgan fingerprint density at radius 1 is 1.23 bits per heavy atom. The number of hydrogen-bond acceptors (Lipinski definition) is 2. The van der Waals surface area contributed by atoms with Crippen molar-refractivity contribution in [2.24, 2.45) is 0 Å². The summed E-state index contributed by atoms with van der Waals surface area (Å²) in [6.07, 6.45) is 1.53. The van der Waals surface area contributed by atoms with Gasteiger partial charge in [-0.05, 0) is 18.2 Å². The number of nitrogen functional groups attached to an aromatic ring is 1. The van der Waals surface area contributed by atoms with Crippen molar-refractivity contribution in [2.45, 2.75) is 0 Å². The van der Waals surface area contributed by atoms with Crippen molar-refractivity contribution in [3.63, 3.8) is 0 Å². The third kappa shape index (κ3) is 1.43. The van der Waals surface area contributed by atoms with E-state index in [9.17, 15) is 0 Å². The second-order valence-corrected chi connectivity index (χ2v) is 3.52. The molecule has 0 saturated carbocycles. The van der Waals surface area contributed by atoms with Crippen LogP contribution in [0.5, 0.6) is 0 Å². The van der Waals surface area contributed by atoms with Gasteiger partial charge in [0.25, 0.3) is 0 Å². The van der Waals surface area contributed by atoms with Crippen molar-refractivity contribution >= 4 is 39.8 Å². The summed E-state index contributed by atoms with van der Waals surface area (Å²) in [5.74, 6) is 0. The first kappa shape index (κ1) is 8.60. The van der Waals surface area contributed by atoms with Crippen molar-refractivity contribution in [3.05, 3.63) is 34.4 Å². The average Bonchev–Trinajstić information content (AvgIpc) is 2.12. The zero-order valence-electron chi connectivity index (χ0n) is 6.59. The van der Waals surface area contributed by atoms with Crippen LogP contribution in [0, 0.1) is 0 Å². The Morgan fingerprint density at radius 2 is 2.00 bits per heavy atom. The monoisotopic (exact) mass is 212 g/mol. The van der Waals surface area contributed by atoms with Crippen LogP contribution in [0.25, 0.3) is 10.9 Å². The summed E-state index contributed by atoms with van der Waals surface area (Å²) in [5.41, 5.74) is 7.08. The number of nitrogens with zero attached hydrogens (tertiary/aromatic N) is 1. The van der Waals surface area contributed by atoms with Gasteiger partial charge in [0, 0.05) is 16.6 Å². The van der Waals surface area contributed by atoms with E-state index in [2.05, 4.69) is 4.98 Å². The fourth-order valence-corrected chi connectivity index (χ4v) is 1.48. The van der Waals surface area contributed by atoms with Gasteiger partial charge in [-0.1, -0.05) is 23.2 Å². The number of nitrogens with two attached hydrogens (primary N) is 1. The highest BCUT2D eigenvalue weighted by Crippen LogP contribution is 2.28. The number of rotatable bonds is 0. The van der Waals surface area contributed by atoms with E-state index in [-0.39, 0.29) is 0 Å². The molecule has 1 aromatic heterocycles. The number of halogens is 2. The van der Waals surface area contributed by atoms with E-state index in [1.54, 1.807) is 12.1 Å². The van der Waals surface area contributed by atoms with Gasteiger partial charge in [-0.25, -0.2) is 0 Å². The van der Waals surface area contributed by atoms with Crippen LogP contribution >= 0.6 is 23.2 Å². The van der Waals surface area contributed by atoms with Gasteiger partial charge in [0.1, 0.15) is 0 Å². The van der Waals surface area contributed by atoms with Gasteiger partial charge in [0.2, 0.25) is 0 Å². The molecule has 1 heterocycles. The first-order valence-electron chi connectivity index (χ1n) is 3.68. The Kier molecular flexibility index (Phi) is 2.02. The zero-order chi connectivity index (χ0) is 9.42. The molecule has 0 spiro atoms. The first-order chi connectivity index (χ1) is 6.18. The van der Waals surface area contributed by atoms with E-state index in [1.165, 1.54) is 6.20 Å². The van der Waals surface area contributed by atoms with Gasteiger partial charge >= 0.3 is 0 Å². The molecule has 0 atom stereocenters. The van der Waals surface area contributed by atoms with Crippen LogP contribution in [0.2, 0.25) is 10.0 Å². The third-order valence-corrected chi connectivity index (χ3v) is 2.36. The van der Waals surface area contributed by atoms with Gasteiger partial charge < -0.3 is 5.73 Å². The SMILES string of the molecule is Nc1c(Cl)cnc2ccc(Cl)cc12. The summed E-state index contributed by atoms with van der Waals surface area (Å²) < 4.78 is 0. The summed E-state index contributed by atoms with van der Waals surface area (Å²) >= 11 is 11.6. The maximum Gasteiger partial charge on any atom is 0.0825 e. The highest BCUT2D eigenvalue weighted by Gasteiger charge is 2.03. The fraction of sp³-hybridized carbons (Fsp3) is 0. The van der Waals surface area contributed by atoms with Crippen LogP contribution in [-0.4, -0.2) is 4.98 Å². The van der Waals surface area contributed by atoms with Gasteiger partial charge in [-0.2, -0.15) is 0 Å². The maximum atomic E-state index is 5.82. The minimum absolute atomic E-state index is 0.453. The molecule has 2 nitrogen and oxygen atoms in total. The summed E-state index contributed by atoms with van der Waals surface area (Å²) in [5, 5.41) is 1.87. The smallest absolute Gasteiger partial charge is 0.0825 e. The molecule has 0 amide bonds. The number of anilines is 1. The Hall–Kier alpha value is -0.990. The van der Waals surface area contributed by atoms with E-state index in [4.69, 9.17) is 28.9 Å². The molecule has 0 aliphatic carbocycles. The topological polar surface area (TPSA) is 38.9 Å². The predicted octanol–water partition coefficient (Wildman–Crippen LogP) is 3.12. The van der Waals surface area contributed by atoms with Crippen molar-refractivity contribution < 1.29 is 0 Å². The summed E-state index contributed by atoms with van der Waals surface area (Å²) in [7, 11) is 0. The third-order valence-electron chi connectivity index (χ3n) is 1.82. The lowest BCUT2D eigenvalue weighted by atomic mass is 10.2. The molecule has 13 heavy (non-hydrogen) atoms. The van der Waals surface area contributed by atoms with E-state index in [1.807, 2.05) is 6.07 Å². The van der Waals surface area contributed by atoms with E-state index in [0.29, 0.717) is 15.7 Å². The Balaban J connectivity index is 2.89. The number of hydrogen-bond donors (Lipinski definition) is 1. The van der Waals surface area contributed by atoms with Gasteiger partial charge in [0.05, 0.1) is 16.2 Å². The Morgan fingerprint density at radius 3 is 2.77 bits per heavy atom. The minimum atomic E-state index is 0.453. The summed E-state index contributed by atoms with van der Waals surface area (Å²) in [4.78, 5) is 4.11. The molecular formula is C9H6Cl2N2. The lowest BCUT2D eigenvalue weighted by molar-refractivity contribution is 1.41. The second-order valence-electron chi connectivity index (χ2n) is 2.68. The van der Waals surface area contributed by atoms with E-state index >= 15 is 0 Å². The molecule has 2 aromatic rings. The second kappa shape index (κ2) is 3.05. The molecule has 0 fully saturated rings. The van der Waals surface area contributed by atoms with E-state index < -0.39 is 0 Å². The quantitative estimate of drug-likeness (QED) is 0.730. The number of pyridine rings is 1. The molecule has 1 aromatic carbocycles. The van der Waals surface area contributed by atoms with Crippen LogP contribution in [-0.2, 0) is 0 Å². The van der Waals surface area contributed by atoms with Crippen molar-refractivity contribution in [2.75, 3.05) is 5.73 Å². The number of fused-ring (bicyclic) bond motifs is 1. The molecule has 2 rings (SSSR count). The van der Waals surface area contributed by atoms with Crippen LogP contribution in [0.4, 0.5) is 5.69 Å². The van der Waals surface area contributed by atoms with Gasteiger partial charge in [-0.15, -0.1) is 0 Å². The normalized spacial score (nSPS) is 10.6. The molecular weight excluding hydrogens is 207 g/mol. The van der Waals surface area contributed by atoms with Crippen LogP contribution in [0.3, 0.4) is 0 Å². The molecule has 0 radical (unpaired) electrons. The molecule has 0 unspecified atom stereocenters. The van der Waals surface area contributed by atoms with Crippen molar-refractivity contribution in [1.82, 2.24) is 4.98 Å². The summed E-state index contributed by atoms with van der Waals surface area (Å²) in [6.45, 7) is 0. The molecule has 0 aliphatic rings. The van der Waals surface area contributed by atoms with Gasteiger partial charge in [0.15, 0.2) is 0 Å². The molecule has 0 aliphatic heterocycles. The molecule has 0 bridgehead atoms. The average molecular weight is 213 g/mol. The lowest BCUT2D eigenvalue weighted by Crippen LogP contribution is -1.90. The first-order valence-corrected chi connectivity index (χ1v) is 4.43. The fourth-order valence-electron chi connectivity index (χ4n) is 1.16. The highest BCUT2D eigenvalue weighted by atomic mass is 35.5. The summed E-state index contributed by atoms with van der Waals surface area (Å²) in [6, 6.07) is 5.33. The Bertz CT molecular complexity index is 463. The predicted molar refractivity (Wildman–Crippen MR) is 56.2 cm³/mol. The van der Waals surface area contributed by atoms with Crippen LogP contribution in [0.1, 0.15) is 0 Å². The molecule has 2 N–H and O–H groups in total. The molecule has 4 heteroatoms. The zero-order valence-corrected chi connectivity index (χ0v) is 8.10. The largest absolute Gasteiger partial charge is 0.397 e. The van der Waals surface area contributed by atoms with E-state index in [0.717, 1.165) is 10.9 Å². The molecule has 0 saturated heterocycles. The van der Waals surface area contributed by atoms with Crippen LogP contribution in [0.15, 0.2) is 24.4 Å². The van der Waals surface area contributed by atoms with Crippen LogP contribution < -0.4 is 5.73 Å². The number of aromatic nitrogens is 1. The highest BCUT2D eigenvalue weighted by molar-refractivity contribution is 6.35. The van der Waals surface area contributed by atoms with Gasteiger partial charge in [-0.3, -0.25) is 4.98 Å². The number of benzene rings is 1. The van der Waals surface area contributed by atoms with Crippen molar-refractivity contribution in [3.8, 4) is 0 Å². The van der Waals surface area contributed by atoms with Crippen molar-refractivity contribution in [1.29, 1.82) is 0 Å². The minimum Gasteiger partial charge on any atom is -0.397 e. The maximum absolute atomic E-state index is 5.82. The standard InChI is InChI=1S/C9H6Cl2N2/c10-5-1-2-8-6(3-5)9(12)7(11)4-13-8/h1-4H,(H2,12,13). The molecule has 66 valence electrons. The Labute approximate surface area is 85.3 Å². The lowest BCUT2D eigenvalue weighted by Gasteiger charge is -2.02.